The highest BCUT2D eigenvalue weighted by Crippen LogP contribution is 2.31. The molecule has 0 aromatic heterocycles. The highest BCUT2D eigenvalue weighted by molar-refractivity contribution is 5.43. The van der Waals surface area contributed by atoms with Crippen LogP contribution in [0.2, 0.25) is 0 Å². The van der Waals surface area contributed by atoms with Crippen molar-refractivity contribution in [2.75, 3.05) is 20.3 Å². The van der Waals surface area contributed by atoms with Gasteiger partial charge in [0.1, 0.15) is 0 Å². The van der Waals surface area contributed by atoms with E-state index < -0.39 is 0 Å². The molecular weight excluding hydrogens is 310 g/mol. The Morgan fingerprint density at radius 2 is 1.64 bits per heavy atom. The summed E-state index contributed by atoms with van der Waals surface area (Å²) >= 11 is 0. The monoisotopic (exact) mass is 341 g/mol. The molecule has 0 bridgehead atoms. The third kappa shape index (κ3) is 5.23. The van der Waals surface area contributed by atoms with Crippen molar-refractivity contribution in [2.45, 2.75) is 45.4 Å². The number of methoxy groups -OCH3 is 1. The number of hydrogen-bond acceptors (Lipinski definition) is 3. The first-order valence-electron chi connectivity index (χ1n) is 9.18. The summed E-state index contributed by atoms with van der Waals surface area (Å²) in [6, 6.07) is 15.0. The van der Waals surface area contributed by atoms with Gasteiger partial charge >= 0.3 is 0 Å². The molecule has 25 heavy (non-hydrogen) atoms. The zero-order valence-electron chi connectivity index (χ0n) is 15.9. The molecule has 0 radical (unpaired) electrons. The molecule has 0 aliphatic carbocycles. The average Bonchev–Trinajstić information content (AvgIpc) is 2.64. The van der Waals surface area contributed by atoms with Gasteiger partial charge in [0.05, 0.1) is 13.7 Å². The topological polar surface area (TPSA) is 44.5 Å². The second-order valence-corrected chi connectivity index (χ2v) is 6.79. The number of benzene rings is 2. The fraction of sp³-hybridized carbons (Fsp3) is 0.455. The maximum atomic E-state index is 6.07. The lowest BCUT2D eigenvalue weighted by atomic mass is 9.90. The van der Waals surface area contributed by atoms with E-state index in [2.05, 4.69) is 57.2 Å². The maximum Gasteiger partial charge on any atom is 0.161 e. The average molecular weight is 341 g/mol. The quantitative estimate of drug-likeness (QED) is 0.706. The highest BCUT2D eigenvalue weighted by Gasteiger charge is 2.13. The molecule has 3 nitrogen and oxygen atoms in total. The van der Waals surface area contributed by atoms with Crippen molar-refractivity contribution >= 4 is 0 Å². The van der Waals surface area contributed by atoms with Crippen LogP contribution in [-0.2, 0) is 6.42 Å². The minimum atomic E-state index is 0.300. The zero-order chi connectivity index (χ0) is 18.2. The Morgan fingerprint density at radius 1 is 0.960 bits per heavy atom. The molecule has 0 aliphatic rings. The minimum Gasteiger partial charge on any atom is -0.493 e. The summed E-state index contributed by atoms with van der Waals surface area (Å²) in [6.07, 6.45) is 1.87. The van der Waals surface area contributed by atoms with Crippen LogP contribution in [0.4, 0.5) is 0 Å². The van der Waals surface area contributed by atoms with E-state index in [0.29, 0.717) is 25.0 Å². The fourth-order valence-corrected chi connectivity index (χ4v) is 2.95. The van der Waals surface area contributed by atoms with Crippen molar-refractivity contribution in [3.63, 3.8) is 0 Å². The van der Waals surface area contributed by atoms with Crippen LogP contribution < -0.4 is 15.2 Å². The Kier molecular flexibility index (Phi) is 7.32. The third-order valence-electron chi connectivity index (χ3n) is 4.53. The fourth-order valence-electron chi connectivity index (χ4n) is 2.95. The van der Waals surface area contributed by atoms with E-state index in [0.717, 1.165) is 24.3 Å². The molecule has 0 heterocycles. The number of nitrogens with two attached hydrogens (primary N) is 1. The summed E-state index contributed by atoms with van der Waals surface area (Å²) in [7, 11) is 1.67. The van der Waals surface area contributed by atoms with E-state index in [9.17, 15) is 0 Å². The Hall–Kier alpha value is -2.00. The SMILES string of the molecule is CCCOc1cc(CC(CN)c2ccc(C(C)C)cc2)ccc1OC. The van der Waals surface area contributed by atoms with Gasteiger partial charge in [0.25, 0.3) is 0 Å². The lowest BCUT2D eigenvalue weighted by molar-refractivity contribution is 0.294. The van der Waals surface area contributed by atoms with Gasteiger partial charge in [-0.1, -0.05) is 51.1 Å². The summed E-state index contributed by atoms with van der Waals surface area (Å²) in [5, 5.41) is 0. The molecule has 0 amide bonds. The third-order valence-corrected chi connectivity index (χ3v) is 4.53. The first kappa shape index (κ1) is 19.3. The molecule has 0 saturated carbocycles. The zero-order valence-corrected chi connectivity index (χ0v) is 15.9. The summed E-state index contributed by atoms with van der Waals surface area (Å²) in [4.78, 5) is 0. The van der Waals surface area contributed by atoms with E-state index in [1.807, 2.05) is 6.07 Å². The Bertz CT molecular complexity index is 650. The highest BCUT2D eigenvalue weighted by atomic mass is 16.5. The normalized spacial score (nSPS) is 12.2. The first-order valence-corrected chi connectivity index (χ1v) is 9.18. The van der Waals surface area contributed by atoms with Crippen LogP contribution in [0, 0.1) is 0 Å². The van der Waals surface area contributed by atoms with Crippen LogP contribution >= 0.6 is 0 Å². The smallest absolute Gasteiger partial charge is 0.161 e. The summed E-state index contributed by atoms with van der Waals surface area (Å²) < 4.78 is 11.2. The molecule has 3 heteroatoms. The summed E-state index contributed by atoms with van der Waals surface area (Å²) in [5.74, 6) is 2.44. The predicted octanol–water partition coefficient (Wildman–Crippen LogP) is 4.89. The van der Waals surface area contributed by atoms with Crippen LogP contribution in [0.15, 0.2) is 42.5 Å². The molecular formula is C22H31NO2. The molecule has 2 aromatic carbocycles. The lowest BCUT2D eigenvalue weighted by Crippen LogP contribution is -2.15. The van der Waals surface area contributed by atoms with Gasteiger partial charge in [-0.3, -0.25) is 0 Å². The van der Waals surface area contributed by atoms with Gasteiger partial charge in [-0.05, 0) is 54.1 Å². The minimum absolute atomic E-state index is 0.300. The first-order chi connectivity index (χ1) is 12.1. The lowest BCUT2D eigenvalue weighted by Gasteiger charge is -2.18. The summed E-state index contributed by atoms with van der Waals surface area (Å²) in [6.45, 7) is 7.84. The van der Waals surface area contributed by atoms with Crippen LogP contribution in [0.5, 0.6) is 11.5 Å². The van der Waals surface area contributed by atoms with Gasteiger partial charge in [-0.2, -0.15) is 0 Å². The number of ether oxygens (including phenoxy) is 2. The largest absolute Gasteiger partial charge is 0.493 e. The molecule has 1 atom stereocenters. The molecule has 0 fully saturated rings. The van der Waals surface area contributed by atoms with Crippen LogP contribution in [0.25, 0.3) is 0 Å². The Labute approximate surface area is 152 Å². The second kappa shape index (κ2) is 9.47. The van der Waals surface area contributed by atoms with Crippen LogP contribution in [0.3, 0.4) is 0 Å². The standard InChI is InChI=1S/C22H31NO2/c1-5-12-25-22-14-17(6-11-21(22)24-4)13-20(15-23)19-9-7-18(8-10-19)16(2)3/h6-11,14,16,20H,5,12-13,15,23H2,1-4H3. The van der Waals surface area contributed by atoms with Gasteiger partial charge in [-0.25, -0.2) is 0 Å². The van der Waals surface area contributed by atoms with Gasteiger partial charge in [0, 0.05) is 5.92 Å². The van der Waals surface area contributed by atoms with E-state index in [-0.39, 0.29) is 0 Å². The van der Waals surface area contributed by atoms with Gasteiger partial charge in [-0.15, -0.1) is 0 Å². The molecule has 0 saturated heterocycles. The Balaban J connectivity index is 2.17. The Morgan fingerprint density at radius 3 is 2.20 bits per heavy atom. The van der Waals surface area contributed by atoms with Crippen LogP contribution in [0.1, 0.15) is 55.7 Å². The molecule has 1 unspecified atom stereocenters. The molecule has 136 valence electrons. The van der Waals surface area contributed by atoms with Gasteiger partial charge < -0.3 is 15.2 Å². The van der Waals surface area contributed by atoms with E-state index >= 15 is 0 Å². The molecule has 0 aliphatic heterocycles. The molecule has 0 spiro atoms. The van der Waals surface area contributed by atoms with Crippen LogP contribution in [-0.4, -0.2) is 20.3 Å². The van der Waals surface area contributed by atoms with Gasteiger partial charge in [0.15, 0.2) is 11.5 Å². The summed E-state index contributed by atoms with van der Waals surface area (Å²) in [5.41, 5.74) is 9.94. The second-order valence-electron chi connectivity index (χ2n) is 6.79. The molecule has 2 rings (SSSR count). The van der Waals surface area contributed by atoms with Crippen molar-refractivity contribution in [1.82, 2.24) is 0 Å². The van der Waals surface area contributed by atoms with Gasteiger partial charge in [0.2, 0.25) is 0 Å². The number of rotatable bonds is 9. The van der Waals surface area contributed by atoms with E-state index in [4.69, 9.17) is 15.2 Å². The van der Waals surface area contributed by atoms with Crippen molar-refractivity contribution in [2.24, 2.45) is 5.73 Å². The molecule has 2 aromatic rings. The maximum absolute atomic E-state index is 6.07. The van der Waals surface area contributed by atoms with E-state index in [1.54, 1.807) is 7.11 Å². The number of hydrogen-bond donors (Lipinski definition) is 1. The van der Waals surface area contributed by atoms with E-state index in [1.165, 1.54) is 16.7 Å². The predicted molar refractivity (Wildman–Crippen MR) is 105 cm³/mol. The molecule has 2 N–H and O–H groups in total. The van der Waals surface area contributed by atoms with Crippen molar-refractivity contribution in [3.05, 3.63) is 59.2 Å². The van der Waals surface area contributed by atoms with Crippen molar-refractivity contribution < 1.29 is 9.47 Å². The van der Waals surface area contributed by atoms with Crippen molar-refractivity contribution in [1.29, 1.82) is 0 Å². The van der Waals surface area contributed by atoms with Crippen molar-refractivity contribution in [3.8, 4) is 11.5 Å².